The minimum absolute atomic E-state index is 0.293. The molecule has 21 heavy (non-hydrogen) atoms. The summed E-state index contributed by atoms with van der Waals surface area (Å²) in [6.07, 6.45) is 6.21. The molecule has 0 bridgehead atoms. The molecule has 2 saturated heterocycles. The average Bonchev–Trinajstić information content (AvgIpc) is 2.55. The monoisotopic (exact) mass is 287 g/mol. The Balaban J connectivity index is 1.61. The fourth-order valence-corrected chi connectivity index (χ4v) is 3.68. The fourth-order valence-electron chi connectivity index (χ4n) is 3.68. The normalized spacial score (nSPS) is 24.7. The molecule has 116 valence electrons. The van der Waals surface area contributed by atoms with Crippen LogP contribution in [-0.4, -0.2) is 43.2 Å². The Labute approximate surface area is 129 Å². The summed E-state index contributed by atoms with van der Waals surface area (Å²) < 4.78 is 0. The predicted octanol–water partition coefficient (Wildman–Crippen LogP) is 2.64. The van der Waals surface area contributed by atoms with Crippen LogP contribution in [0, 0.1) is 0 Å². The minimum atomic E-state index is 0.293. The Kier molecular flexibility index (Phi) is 4.81. The van der Waals surface area contributed by atoms with E-state index in [0.29, 0.717) is 6.04 Å². The highest BCUT2D eigenvalue weighted by Gasteiger charge is 2.28. The molecule has 0 spiro atoms. The third kappa shape index (κ3) is 3.58. The van der Waals surface area contributed by atoms with Gasteiger partial charge in [0.1, 0.15) is 0 Å². The Hall–Kier alpha value is -1.06. The highest BCUT2D eigenvalue weighted by Crippen LogP contribution is 2.25. The van der Waals surface area contributed by atoms with Crippen molar-refractivity contribution in [2.45, 2.75) is 51.1 Å². The summed E-state index contributed by atoms with van der Waals surface area (Å²) in [6.45, 7) is 7.07. The van der Waals surface area contributed by atoms with Gasteiger partial charge in [-0.15, -0.1) is 0 Å². The maximum atomic E-state index is 6.04. The molecule has 0 aromatic heterocycles. The molecule has 3 nitrogen and oxygen atoms in total. The summed E-state index contributed by atoms with van der Waals surface area (Å²) in [6, 6.07) is 10.2. The van der Waals surface area contributed by atoms with Crippen LogP contribution < -0.4 is 10.6 Å². The van der Waals surface area contributed by atoms with E-state index in [-0.39, 0.29) is 0 Å². The molecule has 2 atom stereocenters. The second kappa shape index (κ2) is 6.80. The van der Waals surface area contributed by atoms with Gasteiger partial charge in [0.25, 0.3) is 0 Å². The molecular formula is C18H29N3. The van der Waals surface area contributed by atoms with Gasteiger partial charge in [-0.1, -0.05) is 25.5 Å². The molecule has 0 amide bonds. The van der Waals surface area contributed by atoms with Crippen LogP contribution >= 0.6 is 0 Å². The lowest BCUT2D eigenvalue weighted by atomic mass is 9.99. The molecule has 1 aromatic carbocycles. The first kappa shape index (κ1) is 14.9. The van der Waals surface area contributed by atoms with Crippen molar-refractivity contribution in [1.82, 2.24) is 4.90 Å². The van der Waals surface area contributed by atoms with E-state index in [1.165, 1.54) is 56.7 Å². The zero-order valence-corrected chi connectivity index (χ0v) is 13.3. The first-order chi connectivity index (χ1) is 10.3. The van der Waals surface area contributed by atoms with Crippen LogP contribution in [0.3, 0.4) is 0 Å². The second-order valence-electron chi connectivity index (χ2n) is 6.67. The van der Waals surface area contributed by atoms with Crippen molar-refractivity contribution in [3.63, 3.8) is 0 Å². The molecule has 2 aliphatic heterocycles. The molecule has 2 heterocycles. The van der Waals surface area contributed by atoms with Crippen molar-refractivity contribution in [3.8, 4) is 0 Å². The van der Waals surface area contributed by atoms with Gasteiger partial charge in [-0.3, -0.25) is 4.90 Å². The zero-order chi connectivity index (χ0) is 14.7. The highest BCUT2D eigenvalue weighted by molar-refractivity contribution is 5.48. The topological polar surface area (TPSA) is 32.5 Å². The lowest BCUT2D eigenvalue weighted by Gasteiger charge is -2.45. The van der Waals surface area contributed by atoms with Crippen LogP contribution in [0.4, 0.5) is 5.69 Å². The molecule has 2 unspecified atom stereocenters. The molecule has 3 rings (SSSR count). The predicted molar refractivity (Wildman–Crippen MR) is 89.8 cm³/mol. The molecule has 0 radical (unpaired) electrons. The summed E-state index contributed by atoms with van der Waals surface area (Å²) in [4.78, 5) is 5.25. The molecule has 2 fully saturated rings. The quantitative estimate of drug-likeness (QED) is 0.924. The first-order valence-corrected chi connectivity index (χ1v) is 8.60. The maximum Gasteiger partial charge on any atom is 0.0367 e. The summed E-state index contributed by atoms with van der Waals surface area (Å²) in [5.41, 5.74) is 8.79. The van der Waals surface area contributed by atoms with Crippen molar-refractivity contribution in [2.75, 3.05) is 31.1 Å². The summed E-state index contributed by atoms with van der Waals surface area (Å²) in [7, 11) is 0. The third-order valence-corrected chi connectivity index (χ3v) is 5.16. The van der Waals surface area contributed by atoms with Gasteiger partial charge in [-0.2, -0.15) is 0 Å². The van der Waals surface area contributed by atoms with Crippen LogP contribution in [-0.2, 0) is 6.42 Å². The van der Waals surface area contributed by atoms with Gasteiger partial charge in [-0.25, -0.2) is 0 Å². The van der Waals surface area contributed by atoms with Gasteiger partial charge < -0.3 is 10.6 Å². The smallest absolute Gasteiger partial charge is 0.0367 e. The van der Waals surface area contributed by atoms with Crippen LogP contribution in [0.1, 0.15) is 38.2 Å². The van der Waals surface area contributed by atoms with Gasteiger partial charge in [0, 0.05) is 37.4 Å². The molecule has 0 aliphatic carbocycles. The van der Waals surface area contributed by atoms with E-state index in [0.717, 1.165) is 18.9 Å². The van der Waals surface area contributed by atoms with Gasteiger partial charge in [-0.05, 0) is 49.9 Å². The number of anilines is 1. The standard InChI is InChI=1S/C18H29N3/c1-2-16(19)13-15-6-8-17(9-7-15)21-12-11-20-10-4-3-5-18(20)14-21/h6-9,16,18H,2-5,10-14,19H2,1H3. The minimum Gasteiger partial charge on any atom is -0.369 e. The summed E-state index contributed by atoms with van der Waals surface area (Å²) >= 11 is 0. The van der Waals surface area contributed by atoms with Crippen LogP contribution in [0.5, 0.6) is 0 Å². The molecule has 1 aromatic rings. The number of nitrogens with zero attached hydrogens (tertiary/aromatic N) is 2. The number of piperazine rings is 1. The summed E-state index contributed by atoms with van der Waals surface area (Å²) in [5.74, 6) is 0. The number of hydrogen-bond donors (Lipinski definition) is 1. The van der Waals surface area contributed by atoms with Gasteiger partial charge >= 0.3 is 0 Å². The average molecular weight is 287 g/mol. The van der Waals surface area contributed by atoms with Crippen molar-refractivity contribution in [3.05, 3.63) is 29.8 Å². The van der Waals surface area contributed by atoms with E-state index in [1.807, 2.05) is 0 Å². The lowest BCUT2D eigenvalue weighted by molar-refractivity contribution is 0.133. The van der Waals surface area contributed by atoms with E-state index < -0.39 is 0 Å². The van der Waals surface area contributed by atoms with Gasteiger partial charge in [0.15, 0.2) is 0 Å². The van der Waals surface area contributed by atoms with Crippen molar-refractivity contribution in [1.29, 1.82) is 0 Å². The molecule has 2 aliphatic rings. The SMILES string of the molecule is CCC(N)Cc1ccc(N2CCN3CCCCC3C2)cc1. The van der Waals surface area contributed by atoms with E-state index in [4.69, 9.17) is 5.73 Å². The number of piperidine rings is 1. The van der Waals surface area contributed by atoms with E-state index in [2.05, 4.69) is 41.0 Å². The molecule has 0 saturated carbocycles. The Morgan fingerprint density at radius 3 is 2.71 bits per heavy atom. The van der Waals surface area contributed by atoms with Gasteiger partial charge in [0.05, 0.1) is 0 Å². The number of hydrogen-bond acceptors (Lipinski definition) is 3. The van der Waals surface area contributed by atoms with E-state index in [1.54, 1.807) is 0 Å². The second-order valence-corrected chi connectivity index (χ2v) is 6.67. The van der Waals surface area contributed by atoms with Crippen molar-refractivity contribution < 1.29 is 0 Å². The van der Waals surface area contributed by atoms with Crippen molar-refractivity contribution in [2.24, 2.45) is 5.73 Å². The van der Waals surface area contributed by atoms with Crippen molar-refractivity contribution >= 4 is 5.69 Å². The zero-order valence-electron chi connectivity index (χ0n) is 13.3. The highest BCUT2D eigenvalue weighted by atomic mass is 15.3. The summed E-state index contributed by atoms with van der Waals surface area (Å²) in [5, 5.41) is 0. The number of nitrogens with two attached hydrogens (primary N) is 1. The number of rotatable bonds is 4. The maximum absolute atomic E-state index is 6.04. The molecule has 3 heteroatoms. The van der Waals surface area contributed by atoms with Crippen LogP contribution in [0.25, 0.3) is 0 Å². The Morgan fingerprint density at radius 2 is 1.95 bits per heavy atom. The van der Waals surface area contributed by atoms with E-state index >= 15 is 0 Å². The first-order valence-electron chi connectivity index (χ1n) is 8.60. The van der Waals surface area contributed by atoms with Crippen LogP contribution in [0.2, 0.25) is 0 Å². The largest absolute Gasteiger partial charge is 0.369 e. The number of fused-ring (bicyclic) bond motifs is 1. The Morgan fingerprint density at radius 1 is 1.14 bits per heavy atom. The Bertz CT molecular complexity index is 442. The van der Waals surface area contributed by atoms with E-state index in [9.17, 15) is 0 Å². The molecule has 2 N–H and O–H groups in total. The fraction of sp³-hybridized carbons (Fsp3) is 0.667. The van der Waals surface area contributed by atoms with Crippen LogP contribution in [0.15, 0.2) is 24.3 Å². The number of benzene rings is 1. The van der Waals surface area contributed by atoms with Gasteiger partial charge in [0.2, 0.25) is 0 Å². The molecular weight excluding hydrogens is 258 g/mol. The third-order valence-electron chi connectivity index (χ3n) is 5.16. The lowest BCUT2D eigenvalue weighted by Crippen LogP contribution is -2.54.